The number of aliphatic carboxylic acids is 1. The molecular weight excluding hydrogens is 216 g/mol. The number of carboxylic acid groups (broad SMARTS) is 1. The van der Waals surface area contributed by atoms with Crippen LogP contribution in [0.4, 0.5) is 0 Å². The Hall–Kier alpha value is -1.10. The number of cyclic esters (lactones) is 1. The van der Waals surface area contributed by atoms with E-state index < -0.39 is 11.9 Å². The van der Waals surface area contributed by atoms with Gasteiger partial charge < -0.3 is 9.84 Å². The van der Waals surface area contributed by atoms with Crippen molar-refractivity contribution < 1.29 is 19.4 Å². The molecule has 0 saturated carbocycles. The first-order chi connectivity index (χ1) is 5.09. The number of carboxylic acids is 1. The van der Waals surface area contributed by atoms with Crippen molar-refractivity contribution in [2.24, 2.45) is 0 Å². The standard InChI is InChI=1S/C6H3BrO4/c7-3-1-6(10)11-4(3)2-5(8)9/h1-2H,(H,8,9)/b4-2+. The third-order valence-electron chi connectivity index (χ3n) is 0.945. The number of hydrogen-bond acceptors (Lipinski definition) is 3. The van der Waals surface area contributed by atoms with E-state index >= 15 is 0 Å². The molecular formula is C6H3BrO4. The van der Waals surface area contributed by atoms with Gasteiger partial charge in [0.15, 0.2) is 5.76 Å². The maximum atomic E-state index is 10.5. The Balaban J connectivity index is 2.87. The summed E-state index contributed by atoms with van der Waals surface area (Å²) >= 11 is 2.96. The Morgan fingerprint density at radius 2 is 2.36 bits per heavy atom. The molecule has 1 rings (SSSR count). The molecule has 1 N–H and O–H groups in total. The predicted octanol–water partition coefficient (Wildman–Crippen LogP) is 0.790. The van der Waals surface area contributed by atoms with Crippen LogP contribution in [0.25, 0.3) is 0 Å². The molecule has 4 nitrogen and oxygen atoms in total. The van der Waals surface area contributed by atoms with Crippen LogP contribution in [0.15, 0.2) is 22.4 Å². The number of ether oxygens (including phenoxy) is 1. The van der Waals surface area contributed by atoms with Gasteiger partial charge in [0.1, 0.15) is 0 Å². The van der Waals surface area contributed by atoms with Crippen LogP contribution in [0, 0.1) is 0 Å². The van der Waals surface area contributed by atoms with E-state index in [9.17, 15) is 9.59 Å². The van der Waals surface area contributed by atoms with Crippen molar-refractivity contribution in [2.45, 2.75) is 0 Å². The maximum Gasteiger partial charge on any atom is 0.337 e. The lowest BCUT2D eigenvalue weighted by atomic mass is 10.4. The van der Waals surface area contributed by atoms with Crippen LogP contribution in [0.2, 0.25) is 0 Å². The Bertz CT molecular complexity index is 276. The SMILES string of the molecule is O=C(O)/C=C1/OC(=O)C=C1Br. The first-order valence-corrected chi connectivity index (χ1v) is 3.43. The van der Waals surface area contributed by atoms with E-state index in [4.69, 9.17) is 5.11 Å². The predicted molar refractivity (Wildman–Crippen MR) is 38.8 cm³/mol. The molecule has 0 aromatic heterocycles. The highest BCUT2D eigenvalue weighted by molar-refractivity contribution is 9.12. The van der Waals surface area contributed by atoms with Crippen LogP contribution in [0.1, 0.15) is 0 Å². The van der Waals surface area contributed by atoms with Gasteiger partial charge in [0.05, 0.1) is 10.6 Å². The van der Waals surface area contributed by atoms with E-state index in [0.29, 0.717) is 4.48 Å². The van der Waals surface area contributed by atoms with Gasteiger partial charge in [-0.05, 0) is 15.9 Å². The van der Waals surface area contributed by atoms with Crippen molar-refractivity contribution >= 4 is 27.9 Å². The summed E-state index contributed by atoms with van der Waals surface area (Å²) in [6.45, 7) is 0. The van der Waals surface area contributed by atoms with Crippen molar-refractivity contribution in [1.82, 2.24) is 0 Å². The first-order valence-electron chi connectivity index (χ1n) is 2.63. The summed E-state index contributed by atoms with van der Waals surface area (Å²) in [5, 5.41) is 8.26. The minimum atomic E-state index is -1.15. The quantitative estimate of drug-likeness (QED) is 0.523. The van der Waals surface area contributed by atoms with Crippen molar-refractivity contribution in [3.8, 4) is 0 Å². The molecule has 1 aliphatic rings. The van der Waals surface area contributed by atoms with Gasteiger partial charge in [-0.2, -0.15) is 0 Å². The van der Waals surface area contributed by atoms with E-state index in [1.54, 1.807) is 0 Å². The Labute approximate surface area is 70.3 Å². The molecule has 0 atom stereocenters. The summed E-state index contributed by atoms with van der Waals surface area (Å²) in [5.41, 5.74) is 0. The topological polar surface area (TPSA) is 63.6 Å². The third-order valence-corrected chi connectivity index (χ3v) is 1.56. The molecule has 0 saturated heterocycles. The molecule has 0 fully saturated rings. The molecule has 5 heteroatoms. The van der Waals surface area contributed by atoms with E-state index in [1.807, 2.05) is 0 Å². The number of rotatable bonds is 1. The molecule has 1 heterocycles. The Morgan fingerprint density at radius 1 is 1.73 bits per heavy atom. The van der Waals surface area contributed by atoms with E-state index in [0.717, 1.165) is 12.2 Å². The molecule has 0 radical (unpaired) electrons. The Kier molecular flexibility index (Phi) is 2.09. The van der Waals surface area contributed by atoms with Gasteiger partial charge in [0, 0.05) is 6.08 Å². The summed E-state index contributed by atoms with van der Waals surface area (Å²) in [6.07, 6.45) is 1.97. The zero-order chi connectivity index (χ0) is 8.43. The summed E-state index contributed by atoms with van der Waals surface area (Å²) in [4.78, 5) is 20.6. The molecule has 0 spiro atoms. The summed E-state index contributed by atoms with van der Waals surface area (Å²) < 4.78 is 4.84. The van der Waals surface area contributed by atoms with Crippen LogP contribution in [-0.4, -0.2) is 17.0 Å². The minimum absolute atomic E-state index is 0.0301. The van der Waals surface area contributed by atoms with Gasteiger partial charge in [0.2, 0.25) is 0 Å². The van der Waals surface area contributed by atoms with Crippen LogP contribution in [0.3, 0.4) is 0 Å². The molecule has 11 heavy (non-hydrogen) atoms. The molecule has 0 aromatic carbocycles. The first kappa shape index (κ1) is 8.00. The van der Waals surface area contributed by atoms with Gasteiger partial charge in [-0.1, -0.05) is 0 Å². The highest BCUT2D eigenvalue weighted by atomic mass is 79.9. The van der Waals surface area contributed by atoms with Crippen LogP contribution in [0.5, 0.6) is 0 Å². The fourth-order valence-electron chi connectivity index (χ4n) is 0.572. The lowest BCUT2D eigenvalue weighted by molar-refractivity contribution is -0.132. The molecule has 0 amide bonds. The minimum Gasteiger partial charge on any atom is -0.478 e. The van der Waals surface area contributed by atoms with Crippen molar-refractivity contribution in [3.63, 3.8) is 0 Å². The van der Waals surface area contributed by atoms with Gasteiger partial charge in [-0.15, -0.1) is 0 Å². The van der Waals surface area contributed by atoms with Crippen LogP contribution < -0.4 is 0 Å². The highest BCUT2D eigenvalue weighted by Crippen LogP contribution is 2.24. The monoisotopic (exact) mass is 218 g/mol. The lowest BCUT2D eigenvalue weighted by Crippen LogP contribution is -1.95. The van der Waals surface area contributed by atoms with Gasteiger partial charge >= 0.3 is 11.9 Å². The number of allylic oxidation sites excluding steroid dienone is 1. The number of carbonyl (C=O) groups excluding carboxylic acids is 1. The van der Waals surface area contributed by atoms with Gasteiger partial charge in [-0.3, -0.25) is 0 Å². The molecule has 0 aliphatic carbocycles. The number of esters is 1. The maximum absolute atomic E-state index is 10.5. The van der Waals surface area contributed by atoms with Gasteiger partial charge in [-0.25, -0.2) is 9.59 Å². The largest absolute Gasteiger partial charge is 0.478 e. The molecule has 58 valence electrons. The molecule has 0 aromatic rings. The number of hydrogen-bond donors (Lipinski definition) is 1. The van der Waals surface area contributed by atoms with Gasteiger partial charge in [0.25, 0.3) is 0 Å². The summed E-state index contributed by atoms with van der Waals surface area (Å²) in [6, 6.07) is 0. The number of carbonyl (C=O) groups is 2. The van der Waals surface area contributed by atoms with Crippen molar-refractivity contribution in [2.75, 3.05) is 0 Å². The van der Waals surface area contributed by atoms with Crippen LogP contribution in [-0.2, 0) is 14.3 Å². The molecule has 0 bridgehead atoms. The average Bonchev–Trinajstić information content (AvgIpc) is 2.09. The van der Waals surface area contributed by atoms with E-state index in [2.05, 4.69) is 20.7 Å². The summed E-state index contributed by atoms with van der Waals surface area (Å²) in [5.74, 6) is -1.69. The highest BCUT2D eigenvalue weighted by Gasteiger charge is 2.18. The van der Waals surface area contributed by atoms with Crippen LogP contribution >= 0.6 is 15.9 Å². The van der Waals surface area contributed by atoms with E-state index in [-0.39, 0.29) is 5.76 Å². The fourth-order valence-corrected chi connectivity index (χ4v) is 0.954. The average molecular weight is 219 g/mol. The zero-order valence-electron chi connectivity index (χ0n) is 5.20. The fraction of sp³-hybridized carbons (Fsp3) is 0. The third kappa shape index (κ3) is 1.91. The number of halogens is 1. The zero-order valence-corrected chi connectivity index (χ0v) is 6.79. The second kappa shape index (κ2) is 2.87. The van der Waals surface area contributed by atoms with Crippen molar-refractivity contribution in [3.05, 3.63) is 22.4 Å². The second-order valence-corrected chi connectivity index (χ2v) is 2.61. The second-order valence-electron chi connectivity index (χ2n) is 1.76. The Morgan fingerprint density at radius 3 is 2.73 bits per heavy atom. The lowest BCUT2D eigenvalue weighted by Gasteiger charge is -1.93. The summed E-state index contributed by atoms with van der Waals surface area (Å²) in [7, 11) is 0. The smallest absolute Gasteiger partial charge is 0.337 e. The normalized spacial score (nSPS) is 19.9. The molecule has 1 aliphatic heterocycles. The van der Waals surface area contributed by atoms with Crippen molar-refractivity contribution in [1.29, 1.82) is 0 Å². The van der Waals surface area contributed by atoms with E-state index in [1.165, 1.54) is 0 Å². The molecule has 0 unspecified atom stereocenters.